The van der Waals surface area contributed by atoms with Crippen molar-refractivity contribution in [3.63, 3.8) is 0 Å². The van der Waals surface area contributed by atoms with Crippen molar-refractivity contribution >= 4 is 5.91 Å². The lowest BCUT2D eigenvalue weighted by molar-refractivity contribution is -0.0129. The van der Waals surface area contributed by atoms with Gasteiger partial charge in [0.15, 0.2) is 0 Å². The number of aromatic hydroxyl groups is 1. The molecule has 3 N–H and O–H groups in total. The number of hydrogen-bond acceptors (Lipinski definition) is 4. The molecule has 5 heteroatoms. The van der Waals surface area contributed by atoms with Gasteiger partial charge in [0, 0.05) is 12.1 Å². The Morgan fingerprint density at radius 3 is 2.38 bits per heavy atom. The zero-order chi connectivity index (χ0) is 18.4. The molecule has 0 spiro atoms. The number of ether oxygens (including phenoxy) is 1. The average molecular weight is 355 g/mol. The van der Waals surface area contributed by atoms with E-state index in [-0.39, 0.29) is 18.2 Å². The summed E-state index contributed by atoms with van der Waals surface area (Å²) in [5.74, 6) is 1.17. The minimum absolute atomic E-state index is 0.122. The number of amides is 1. The molecule has 1 saturated carbocycles. The van der Waals surface area contributed by atoms with Gasteiger partial charge in [-0.05, 0) is 68.0 Å². The third kappa shape index (κ3) is 4.99. The largest absolute Gasteiger partial charge is 0.508 e. The molecule has 2 aromatic rings. The maximum absolute atomic E-state index is 12.1. The maximum atomic E-state index is 12.1. The molecule has 1 amide bonds. The molecule has 1 fully saturated rings. The first-order valence-electron chi connectivity index (χ1n) is 9.02. The van der Waals surface area contributed by atoms with Gasteiger partial charge in [0.2, 0.25) is 0 Å². The normalized spacial score (nSPS) is 22.6. The van der Waals surface area contributed by atoms with Gasteiger partial charge in [-0.15, -0.1) is 0 Å². The van der Waals surface area contributed by atoms with Crippen LogP contribution in [0.3, 0.4) is 0 Å². The lowest BCUT2D eigenvalue weighted by Crippen LogP contribution is -2.45. The second kappa shape index (κ2) is 8.23. The van der Waals surface area contributed by atoms with E-state index in [1.165, 1.54) is 12.1 Å². The van der Waals surface area contributed by atoms with Crippen LogP contribution in [0.2, 0.25) is 0 Å². The second-order valence-electron chi connectivity index (χ2n) is 7.02. The Labute approximate surface area is 153 Å². The molecule has 1 aliphatic carbocycles. The second-order valence-corrected chi connectivity index (χ2v) is 7.02. The van der Waals surface area contributed by atoms with E-state index < -0.39 is 5.60 Å². The van der Waals surface area contributed by atoms with E-state index >= 15 is 0 Å². The lowest BCUT2D eigenvalue weighted by atomic mass is 9.79. The van der Waals surface area contributed by atoms with Gasteiger partial charge in [0.05, 0.1) is 12.2 Å². The van der Waals surface area contributed by atoms with Crippen LogP contribution in [0.4, 0.5) is 0 Å². The third-order valence-electron chi connectivity index (χ3n) is 4.97. The standard InChI is InChI=1S/C21H25NO4/c23-18-8-6-17(7-9-18)20(24)22-15-21(25)12-10-16(11-13-21)14-26-19-4-2-1-3-5-19/h1-9,16,23,25H,10-15H2,(H,22,24). The van der Waals surface area contributed by atoms with E-state index in [0.29, 0.717) is 30.9 Å². The van der Waals surface area contributed by atoms with Crippen LogP contribution < -0.4 is 10.1 Å². The first-order valence-corrected chi connectivity index (χ1v) is 9.02. The quantitative estimate of drug-likeness (QED) is 0.744. The van der Waals surface area contributed by atoms with Gasteiger partial charge in [0.1, 0.15) is 11.5 Å². The Kier molecular flexibility index (Phi) is 5.78. The molecular weight excluding hydrogens is 330 g/mol. The Balaban J connectivity index is 1.42. The number of rotatable bonds is 6. The van der Waals surface area contributed by atoms with Gasteiger partial charge in [0.25, 0.3) is 5.91 Å². The topological polar surface area (TPSA) is 78.8 Å². The molecule has 1 aliphatic rings. The van der Waals surface area contributed by atoms with Crippen LogP contribution in [0.15, 0.2) is 54.6 Å². The minimum Gasteiger partial charge on any atom is -0.508 e. The molecule has 0 aliphatic heterocycles. The van der Waals surface area contributed by atoms with Crippen molar-refractivity contribution in [1.82, 2.24) is 5.32 Å². The summed E-state index contributed by atoms with van der Waals surface area (Å²) >= 11 is 0. The molecule has 138 valence electrons. The average Bonchev–Trinajstić information content (AvgIpc) is 2.67. The van der Waals surface area contributed by atoms with Crippen LogP contribution in [0.5, 0.6) is 11.5 Å². The maximum Gasteiger partial charge on any atom is 0.251 e. The highest BCUT2D eigenvalue weighted by atomic mass is 16.5. The van der Waals surface area contributed by atoms with Gasteiger partial charge in [-0.2, -0.15) is 0 Å². The van der Waals surface area contributed by atoms with Gasteiger partial charge in [-0.1, -0.05) is 18.2 Å². The number of phenolic OH excluding ortho intramolecular Hbond substituents is 1. The van der Waals surface area contributed by atoms with E-state index in [9.17, 15) is 15.0 Å². The molecule has 0 heterocycles. The first-order chi connectivity index (χ1) is 12.5. The highest BCUT2D eigenvalue weighted by Crippen LogP contribution is 2.32. The van der Waals surface area contributed by atoms with Crippen molar-refractivity contribution in [2.45, 2.75) is 31.3 Å². The predicted octanol–water partition coefficient (Wildman–Crippen LogP) is 3.12. The number of phenols is 1. The zero-order valence-electron chi connectivity index (χ0n) is 14.7. The molecule has 0 bridgehead atoms. The van der Waals surface area contributed by atoms with E-state index in [1.807, 2.05) is 30.3 Å². The molecule has 0 unspecified atom stereocenters. The number of nitrogens with one attached hydrogen (secondary N) is 1. The van der Waals surface area contributed by atoms with Crippen molar-refractivity contribution in [3.8, 4) is 11.5 Å². The van der Waals surface area contributed by atoms with Crippen molar-refractivity contribution in [2.24, 2.45) is 5.92 Å². The van der Waals surface area contributed by atoms with Gasteiger partial charge < -0.3 is 20.3 Å². The van der Waals surface area contributed by atoms with Crippen LogP contribution in [0, 0.1) is 5.92 Å². The Morgan fingerprint density at radius 2 is 1.73 bits per heavy atom. The van der Waals surface area contributed by atoms with Crippen molar-refractivity contribution in [3.05, 3.63) is 60.2 Å². The predicted molar refractivity (Wildman–Crippen MR) is 99.3 cm³/mol. The molecule has 5 nitrogen and oxygen atoms in total. The number of aliphatic hydroxyl groups is 1. The highest BCUT2D eigenvalue weighted by molar-refractivity contribution is 5.94. The van der Waals surface area contributed by atoms with Crippen LogP contribution in [-0.4, -0.2) is 34.9 Å². The van der Waals surface area contributed by atoms with E-state index in [1.54, 1.807) is 12.1 Å². The number of carbonyl (C=O) groups is 1. The van der Waals surface area contributed by atoms with Crippen LogP contribution >= 0.6 is 0 Å². The Morgan fingerprint density at radius 1 is 1.08 bits per heavy atom. The van der Waals surface area contributed by atoms with E-state index in [0.717, 1.165) is 18.6 Å². The smallest absolute Gasteiger partial charge is 0.251 e. The summed E-state index contributed by atoms with van der Waals surface area (Å²) in [4.78, 5) is 12.1. The summed E-state index contributed by atoms with van der Waals surface area (Å²) in [7, 11) is 0. The molecule has 2 aromatic carbocycles. The number of para-hydroxylation sites is 1. The molecule has 3 rings (SSSR count). The SMILES string of the molecule is O=C(NCC1(O)CCC(COc2ccccc2)CC1)c1ccc(O)cc1. The molecule has 0 radical (unpaired) electrons. The van der Waals surface area contributed by atoms with Crippen LogP contribution in [0.25, 0.3) is 0 Å². The van der Waals surface area contributed by atoms with Gasteiger partial charge in [-0.3, -0.25) is 4.79 Å². The molecule has 0 aromatic heterocycles. The monoisotopic (exact) mass is 355 g/mol. The summed E-state index contributed by atoms with van der Waals surface area (Å²) in [6.45, 7) is 0.888. The fraction of sp³-hybridized carbons (Fsp3) is 0.381. The Hall–Kier alpha value is -2.53. The summed E-state index contributed by atoms with van der Waals surface area (Å²) in [6.07, 6.45) is 3.04. The Bertz CT molecular complexity index is 707. The number of benzene rings is 2. The van der Waals surface area contributed by atoms with Crippen molar-refractivity contribution in [1.29, 1.82) is 0 Å². The van der Waals surface area contributed by atoms with Gasteiger partial charge in [-0.25, -0.2) is 0 Å². The summed E-state index contributed by atoms with van der Waals surface area (Å²) < 4.78 is 5.81. The van der Waals surface area contributed by atoms with Crippen LogP contribution in [-0.2, 0) is 0 Å². The lowest BCUT2D eigenvalue weighted by Gasteiger charge is -2.36. The molecule has 26 heavy (non-hydrogen) atoms. The molecule has 0 atom stereocenters. The van der Waals surface area contributed by atoms with E-state index in [4.69, 9.17) is 4.74 Å². The molecular formula is C21H25NO4. The number of carbonyl (C=O) groups excluding carboxylic acids is 1. The fourth-order valence-electron chi connectivity index (χ4n) is 3.25. The molecule has 0 saturated heterocycles. The summed E-state index contributed by atoms with van der Waals surface area (Å²) in [5, 5.41) is 22.8. The van der Waals surface area contributed by atoms with Crippen molar-refractivity contribution in [2.75, 3.05) is 13.2 Å². The minimum atomic E-state index is -0.865. The number of hydrogen-bond donors (Lipinski definition) is 3. The summed E-state index contributed by atoms with van der Waals surface area (Å²) in [6, 6.07) is 15.8. The zero-order valence-corrected chi connectivity index (χ0v) is 14.7. The third-order valence-corrected chi connectivity index (χ3v) is 4.97. The van der Waals surface area contributed by atoms with Gasteiger partial charge >= 0.3 is 0 Å². The highest BCUT2D eigenvalue weighted by Gasteiger charge is 2.33. The summed E-state index contributed by atoms with van der Waals surface area (Å²) in [5.41, 5.74) is -0.396. The van der Waals surface area contributed by atoms with Crippen molar-refractivity contribution < 1.29 is 19.7 Å². The van der Waals surface area contributed by atoms with E-state index in [2.05, 4.69) is 5.32 Å². The van der Waals surface area contributed by atoms with Crippen LogP contribution in [0.1, 0.15) is 36.0 Å². The fourth-order valence-corrected chi connectivity index (χ4v) is 3.25. The first kappa shape index (κ1) is 18.3.